The molecular weight excluding hydrogens is 233 g/mol. The Hall–Kier alpha value is -0.600. The average Bonchev–Trinajstić information content (AvgIpc) is 1.80. The molecule has 0 aliphatic carbocycles. The molecule has 92 valence electrons. The minimum absolute atomic E-state index is 0.194. The van der Waals surface area contributed by atoms with E-state index in [-0.39, 0.29) is 5.54 Å². The smallest absolute Gasteiger partial charge is 0.322 e. The van der Waals surface area contributed by atoms with Gasteiger partial charge in [-0.15, -0.1) is 0 Å². The highest BCUT2D eigenvalue weighted by atomic mass is 32.2. The zero-order valence-electron chi connectivity index (χ0n) is 8.72. The minimum Gasteiger partial charge on any atom is -0.322 e. The van der Waals surface area contributed by atoms with Crippen molar-refractivity contribution >= 4 is 10.0 Å². The van der Waals surface area contributed by atoms with E-state index >= 15 is 0 Å². The van der Waals surface area contributed by atoms with Gasteiger partial charge < -0.3 is 5.73 Å². The first-order chi connectivity index (χ1) is 6.19. The number of primary sulfonamides is 1. The third-order valence-corrected chi connectivity index (χ3v) is 2.07. The number of nitrogens with two attached hydrogens (primary N) is 2. The van der Waals surface area contributed by atoms with E-state index in [9.17, 15) is 21.6 Å². The fourth-order valence-corrected chi connectivity index (χ4v) is 0. The van der Waals surface area contributed by atoms with Gasteiger partial charge in [-0.3, -0.25) is 0 Å². The predicted molar refractivity (Wildman–Crippen MR) is 52.2 cm³/mol. The normalized spacial score (nSPS) is 12.8. The van der Waals surface area contributed by atoms with Crippen molar-refractivity contribution < 1.29 is 21.6 Å². The summed E-state index contributed by atoms with van der Waals surface area (Å²) in [6, 6.07) is 0. The zero-order chi connectivity index (χ0) is 13.1. The molecule has 4 N–H and O–H groups in total. The summed E-state index contributed by atoms with van der Waals surface area (Å²) in [6.07, 6.45) is 0. The van der Waals surface area contributed by atoms with Crippen LogP contribution in [-0.2, 0) is 10.0 Å². The molecule has 0 unspecified atom stereocenters. The maximum absolute atomic E-state index is 10.8. The number of rotatable bonds is 1. The molecule has 4 nitrogen and oxygen atoms in total. The maximum Gasteiger partial charge on any atom is 0.511 e. The lowest BCUT2D eigenvalue weighted by Gasteiger charge is -2.17. The van der Waals surface area contributed by atoms with Crippen LogP contribution in [0.15, 0.2) is 12.2 Å². The highest BCUT2D eigenvalue weighted by Gasteiger charge is 2.42. The molecule has 0 saturated heterocycles. The van der Waals surface area contributed by atoms with Crippen molar-refractivity contribution in [2.24, 2.45) is 10.9 Å². The lowest BCUT2D eigenvalue weighted by atomic mass is 9.99. The third kappa shape index (κ3) is 8.40. The Labute approximate surface area is 87.2 Å². The average molecular weight is 248 g/mol. The lowest BCUT2D eigenvalue weighted by Crippen LogP contribution is -2.32. The first kappa shape index (κ1) is 16.8. The van der Waals surface area contributed by atoms with Crippen molar-refractivity contribution in [2.75, 3.05) is 0 Å². The molecule has 0 aromatic heterocycles. The van der Waals surface area contributed by atoms with Crippen molar-refractivity contribution in [3.05, 3.63) is 12.2 Å². The van der Waals surface area contributed by atoms with Crippen molar-refractivity contribution in [2.45, 2.75) is 31.8 Å². The van der Waals surface area contributed by atoms with Crippen LogP contribution >= 0.6 is 0 Å². The van der Waals surface area contributed by atoms with E-state index in [0.29, 0.717) is 0 Å². The topological polar surface area (TPSA) is 86.2 Å². The van der Waals surface area contributed by atoms with Gasteiger partial charge in [0.2, 0.25) is 0 Å². The van der Waals surface area contributed by atoms with Crippen LogP contribution in [0.1, 0.15) is 20.8 Å². The molecule has 15 heavy (non-hydrogen) atoms. The second-order valence-electron chi connectivity index (χ2n) is 3.49. The van der Waals surface area contributed by atoms with Gasteiger partial charge in [0.1, 0.15) is 0 Å². The monoisotopic (exact) mass is 248 g/mol. The molecule has 0 bridgehead atoms. The lowest BCUT2D eigenvalue weighted by molar-refractivity contribution is -0.0436. The van der Waals surface area contributed by atoms with E-state index in [1.165, 1.54) is 0 Å². The molecule has 0 atom stereocenters. The summed E-state index contributed by atoms with van der Waals surface area (Å²) < 4.78 is 51.2. The van der Waals surface area contributed by atoms with Crippen LogP contribution in [0.25, 0.3) is 0 Å². The van der Waals surface area contributed by atoms with E-state index in [0.717, 1.165) is 5.57 Å². The van der Waals surface area contributed by atoms with Crippen molar-refractivity contribution in [1.29, 1.82) is 0 Å². The summed E-state index contributed by atoms with van der Waals surface area (Å²) >= 11 is 0. The Morgan fingerprint density at radius 1 is 1.27 bits per heavy atom. The number of hydrogen-bond donors (Lipinski definition) is 2. The molecule has 0 rings (SSSR count). The Kier molecular flexibility index (Phi) is 5.55. The highest BCUT2D eigenvalue weighted by molar-refractivity contribution is 7.90. The largest absolute Gasteiger partial charge is 0.511 e. The van der Waals surface area contributed by atoms with Crippen LogP contribution in [-0.4, -0.2) is 19.5 Å². The summed E-state index contributed by atoms with van der Waals surface area (Å²) in [4.78, 5) is 0. The van der Waals surface area contributed by atoms with Gasteiger partial charge in [0.05, 0.1) is 0 Å². The van der Waals surface area contributed by atoms with Crippen LogP contribution in [0.3, 0.4) is 0 Å². The Morgan fingerprint density at radius 3 is 1.40 bits per heavy atom. The Bertz CT molecular complexity index is 314. The second-order valence-corrected chi connectivity index (χ2v) is 5.05. The first-order valence-corrected chi connectivity index (χ1v) is 5.28. The van der Waals surface area contributed by atoms with Crippen LogP contribution < -0.4 is 10.9 Å². The SMILES string of the molecule is C=C(C)C(C)(C)N.NS(=O)(=O)C(F)(F)F. The summed E-state index contributed by atoms with van der Waals surface area (Å²) in [5.41, 5.74) is 1.09. The minimum atomic E-state index is -5.34. The first-order valence-electron chi connectivity index (χ1n) is 3.73. The molecule has 0 aromatic rings. The van der Waals surface area contributed by atoms with E-state index in [1.807, 2.05) is 20.8 Å². The maximum atomic E-state index is 10.8. The summed E-state index contributed by atoms with van der Waals surface area (Å²) in [7, 11) is -5.34. The molecular formula is C7H15F3N2O2S. The molecule has 0 amide bonds. The van der Waals surface area contributed by atoms with Gasteiger partial charge in [-0.2, -0.15) is 13.2 Å². The fraction of sp³-hybridized carbons (Fsp3) is 0.714. The van der Waals surface area contributed by atoms with Gasteiger partial charge in [-0.1, -0.05) is 12.2 Å². The van der Waals surface area contributed by atoms with Crippen molar-refractivity contribution in [1.82, 2.24) is 0 Å². The van der Waals surface area contributed by atoms with Crippen molar-refractivity contribution in [3.63, 3.8) is 0 Å². The van der Waals surface area contributed by atoms with Gasteiger partial charge in [-0.25, -0.2) is 13.6 Å². The fourth-order valence-electron chi connectivity index (χ4n) is 0. The molecule has 0 saturated carbocycles. The van der Waals surface area contributed by atoms with Crippen LogP contribution in [0.5, 0.6) is 0 Å². The number of halogens is 3. The van der Waals surface area contributed by atoms with Gasteiger partial charge >= 0.3 is 15.5 Å². The Balaban J connectivity index is 0. The van der Waals surface area contributed by atoms with E-state index in [4.69, 9.17) is 5.73 Å². The van der Waals surface area contributed by atoms with Gasteiger partial charge in [0, 0.05) is 5.54 Å². The van der Waals surface area contributed by atoms with Crippen LogP contribution in [0, 0.1) is 0 Å². The second kappa shape index (κ2) is 4.95. The van der Waals surface area contributed by atoms with Gasteiger partial charge in [0.15, 0.2) is 0 Å². The van der Waals surface area contributed by atoms with Gasteiger partial charge in [-0.05, 0) is 20.8 Å². The van der Waals surface area contributed by atoms with E-state index in [1.54, 1.807) is 0 Å². The summed E-state index contributed by atoms with van der Waals surface area (Å²) in [5.74, 6) is 0. The molecule has 8 heteroatoms. The molecule has 0 aliphatic rings. The standard InChI is InChI=1S/C6H13N.CH2F3NO2S/c1-5(2)6(3,4)7;2-1(3,4)8(5,6)7/h1,7H2,2-4H3;(H2,5,6,7). The summed E-state index contributed by atoms with van der Waals surface area (Å²) in [5, 5.41) is 3.66. The van der Waals surface area contributed by atoms with E-state index in [2.05, 4.69) is 11.7 Å². The number of sulfonamides is 1. The molecule has 0 spiro atoms. The highest BCUT2D eigenvalue weighted by Crippen LogP contribution is 2.18. The third-order valence-electron chi connectivity index (χ3n) is 1.42. The quantitative estimate of drug-likeness (QED) is 0.681. The molecule has 0 aromatic carbocycles. The molecule has 0 radical (unpaired) electrons. The summed E-state index contributed by atoms with van der Waals surface area (Å²) in [6.45, 7) is 9.51. The van der Waals surface area contributed by atoms with E-state index < -0.39 is 15.5 Å². The van der Waals surface area contributed by atoms with Gasteiger partial charge in [0.25, 0.3) is 0 Å². The molecule has 0 fully saturated rings. The van der Waals surface area contributed by atoms with Crippen molar-refractivity contribution in [3.8, 4) is 0 Å². The van der Waals surface area contributed by atoms with Crippen LogP contribution in [0.2, 0.25) is 0 Å². The molecule has 0 aliphatic heterocycles. The number of hydrogen-bond acceptors (Lipinski definition) is 3. The molecule has 0 heterocycles. The zero-order valence-corrected chi connectivity index (χ0v) is 9.54. The number of alkyl halides is 3. The Morgan fingerprint density at radius 2 is 1.40 bits per heavy atom. The predicted octanol–water partition coefficient (Wildman–Crippen LogP) is 1.09. The van der Waals surface area contributed by atoms with Crippen LogP contribution in [0.4, 0.5) is 13.2 Å².